The van der Waals surface area contributed by atoms with Gasteiger partial charge in [-0.2, -0.15) is 0 Å². The third kappa shape index (κ3) is 11.8. The van der Waals surface area contributed by atoms with Gasteiger partial charge >= 0.3 is 0 Å². The molecule has 8 nitrogen and oxygen atoms in total. The fourth-order valence-electron chi connectivity index (χ4n) is 1.50. The summed E-state index contributed by atoms with van der Waals surface area (Å²) >= 11 is 0. The molecule has 0 aliphatic heterocycles. The molecule has 0 fully saturated rings. The molecule has 8 heteroatoms. The molecule has 0 aromatic carbocycles. The first kappa shape index (κ1) is 18.8. The molecule has 0 unspecified atom stereocenters. The zero-order valence-corrected chi connectivity index (χ0v) is 12.2. The number of oxime groups is 2. The summed E-state index contributed by atoms with van der Waals surface area (Å²) in [5, 5.41) is 33.1. The van der Waals surface area contributed by atoms with Crippen molar-refractivity contribution in [3.8, 4) is 0 Å². The van der Waals surface area contributed by atoms with Crippen molar-refractivity contribution in [3.05, 3.63) is 0 Å². The molecule has 118 valence electrons. The lowest BCUT2D eigenvalue weighted by molar-refractivity contribution is 0.316. The van der Waals surface area contributed by atoms with Crippen LogP contribution in [0, 0.1) is 0 Å². The molecule has 20 heavy (non-hydrogen) atoms. The average Bonchev–Trinajstić information content (AvgIpc) is 2.48. The molecule has 0 spiro atoms. The Kier molecular flexibility index (Phi) is 13.3. The highest BCUT2D eigenvalue weighted by Crippen LogP contribution is 1.89. The summed E-state index contributed by atoms with van der Waals surface area (Å²) in [5.41, 5.74) is 6.80. The molecule has 0 aliphatic carbocycles. The van der Waals surface area contributed by atoms with Gasteiger partial charge in [0.05, 0.1) is 11.4 Å². The maximum atomic E-state index is 8.77. The quantitative estimate of drug-likeness (QED) is 0.114. The zero-order valence-electron chi connectivity index (χ0n) is 12.2. The normalized spacial score (nSPS) is 12.9. The molecule has 0 amide bonds. The number of hydrogen-bond donors (Lipinski definition) is 6. The van der Waals surface area contributed by atoms with Gasteiger partial charge in [0.1, 0.15) is 0 Å². The van der Waals surface area contributed by atoms with Gasteiger partial charge in [-0.15, -0.1) is 0 Å². The Morgan fingerprint density at radius 1 is 0.950 bits per heavy atom. The van der Waals surface area contributed by atoms with E-state index in [1.807, 2.05) is 0 Å². The van der Waals surface area contributed by atoms with Crippen LogP contribution in [-0.4, -0.2) is 67.7 Å². The van der Waals surface area contributed by atoms with Crippen molar-refractivity contribution in [2.24, 2.45) is 16.0 Å². The third-order valence-electron chi connectivity index (χ3n) is 2.65. The lowest BCUT2D eigenvalue weighted by atomic mass is 10.2. The second kappa shape index (κ2) is 14.2. The minimum atomic E-state index is 0.586. The van der Waals surface area contributed by atoms with Crippen LogP contribution in [0.15, 0.2) is 10.3 Å². The Hall–Kier alpha value is -1.22. The summed E-state index contributed by atoms with van der Waals surface area (Å²) < 4.78 is 0. The van der Waals surface area contributed by atoms with Crippen LogP contribution in [0.5, 0.6) is 0 Å². The summed E-state index contributed by atoms with van der Waals surface area (Å²) in [6.07, 6.45) is 1.56. The van der Waals surface area contributed by atoms with Gasteiger partial charge in [-0.3, -0.25) is 0 Å². The van der Waals surface area contributed by atoms with Gasteiger partial charge in [0.15, 0.2) is 0 Å². The van der Waals surface area contributed by atoms with Crippen molar-refractivity contribution in [3.63, 3.8) is 0 Å². The fourth-order valence-corrected chi connectivity index (χ4v) is 1.50. The van der Waals surface area contributed by atoms with Crippen LogP contribution in [0.25, 0.3) is 0 Å². The van der Waals surface area contributed by atoms with E-state index in [4.69, 9.17) is 16.1 Å². The summed E-state index contributed by atoms with van der Waals surface area (Å²) in [6, 6.07) is 0. The van der Waals surface area contributed by atoms with Gasteiger partial charge in [0.25, 0.3) is 0 Å². The summed E-state index contributed by atoms with van der Waals surface area (Å²) in [6.45, 7) is 6.84. The highest BCUT2D eigenvalue weighted by atomic mass is 16.4. The van der Waals surface area contributed by atoms with Gasteiger partial charge in [-0.1, -0.05) is 10.3 Å². The predicted octanol–water partition coefficient (Wildman–Crippen LogP) is -0.826. The summed E-state index contributed by atoms with van der Waals surface area (Å²) in [7, 11) is 0. The van der Waals surface area contributed by atoms with Crippen LogP contribution in [0.1, 0.15) is 19.8 Å². The van der Waals surface area contributed by atoms with E-state index in [0.29, 0.717) is 25.3 Å². The molecule has 0 rings (SSSR count). The molecule has 0 bridgehead atoms. The molecule has 0 heterocycles. The molecule has 0 aromatic heterocycles. The molecular formula is C12H28N6O2. The largest absolute Gasteiger partial charge is 0.411 e. The first-order chi connectivity index (χ1) is 9.74. The van der Waals surface area contributed by atoms with E-state index >= 15 is 0 Å². The fraction of sp³-hybridized carbons (Fsp3) is 0.833. The van der Waals surface area contributed by atoms with E-state index < -0.39 is 0 Å². The van der Waals surface area contributed by atoms with Gasteiger partial charge in [0, 0.05) is 39.3 Å². The van der Waals surface area contributed by atoms with Gasteiger partial charge in [-0.25, -0.2) is 0 Å². The minimum absolute atomic E-state index is 0.586. The SMILES string of the molecule is CC(CNCCNCCNCC(CCCN)=NO)=NO. The van der Waals surface area contributed by atoms with Crippen LogP contribution < -0.4 is 21.7 Å². The Labute approximate surface area is 120 Å². The smallest absolute Gasteiger partial charge is 0.0708 e. The van der Waals surface area contributed by atoms with Crippen molar-refractivity contribution in [2.45, 2.75) is 19.8 Å². The van der Waals surface area contributed by atoms with Crippen LogP contribution in [0.2, 0.25) is 0 Å². The summed E-state index contributed by atoms with van der Waals surface area (Å²) in [5.74, 6) is 0. The van der Waals surface area contributed by atoms with E-state index in [1.54, 1.807) is 6.92 Å². The lowest BCUT2D eigenvalue weighted by Crippen LogP contribution is -2.35. The third-order valence-corrected chi connectivity index (χ3v) is 2.65. The Morgan fingerprint density at radius 3 is 2.10 bits per heavy atom. The molecular weight excluding hydrogens is 260 g/mol. The van der Waals surface area contributed by atoms with Crippen molar-refractivity contribution < 1.29 is 10.4 Å². The molecule has 0 aromatic rings. The average molecular weight is 288 g/mol. The Balaban J connectivity index is 3.31. The number of nitrogens with two attached hydrogens (primary N) is 1. The van der Waals surface area contributed by atoms with E-state index in [2.05, 4.69) is 26.3 Å². The number of hydrogen-bond acceptors (Lipinski definition) is 8. The highest BCUT2D eigenvalue weighted by Gasteiger charge is 1.99. The second-order valence-electron chi connectivity index (χ2n) is 4.50. The zero-order chi connectivity index (χ0) is 15.1. The molecule has 0 aliphatic rings. The molecule has 7 N–H and O–H groups in total. The van der Waals surface area contributed by atoms with Gasteiger partial charge < -0.3 is 32.1 Å². The van der Waals surface area contributed by atoms with Gasteiger partial charge in [-0.05, 0) is 26.3 Å². The first-order valence-electron chi connectivity index (χ1n) is 6.94. The standard InChI is InChI=1S/C12H28N6O2/c1-11(17-19)9-15-7-5-14-6-8-16-10-12(18-20)3-2-4-13/h14-16,19-20H,2-10,13H2,1H3. The highest BCUT2D eigenvalue weighted by molar-refractivity contribution is 5.85. The molecule has 0 radical (unpaired) electrons. The summed E-state index contributed by atoms with van der Waals surface area (Å²) in [4.78, 5) is 0. The lowest BCUT2D eigenvalue weighted by Gasteiger charge is -2.08. The van der Waals surface area contributed by atoms with E-state index in [-0.39, 0.29) is 0 Å². The molecule has 0 saturated heterocycles. The van der Waals surface area contributed by atoms with E-state index in [0.717, 1.165) is 44.7 Å². The Bertz CT molecular complexity index is 283. The maximum absolute atomic E-state index is 8.77. The molecule has 0 saturated carbocycles. The van der Waals surface area contributed by atoms with Crippen LogP contribution in [0.4, 0.5) is 0 Å². The number of nitrogens with one attached hydrogen (secondary N) is 3. The predicted molar refractivity (Wildman–Crippen MR) is 81.0 cm³/mol. The van der Waals surface area contributed by atoms with Crippen LogP contribution in [0.3, 0.4) is 0 Å². The maximum Gasteiger partial charge on any atom is 0.0708 e. The second-order valence-corrected chi connectivity index (χ2v) is 4.50. The van der Waals surface area contributed by atoms with Crippen molar-refractivity contribution in [2.75, 3.05) is 45.8 Å². The molecule has 0 atom stereocenters. The monoisotopic (exact) mass is 288 g/mol. The van der Waals surface area contributed by atoms with Crippen molar-refractivity contribution in [1.29, 1.82) is 0 Å². The van der Waals surface area contributed by atoms with Crippen LogP contribution >= 0.6 is 0 Å². The van der Waals surface area contributed by atoms with E-state index in [1.165, 1.54) is 0 Å². The van der Waals surface area contributed by atoms with Crippen molar-refractivity contribution >= 4 is 11.4 Å². The minimum Gasteiger partial charge on any atom is -0.411 e. The Morgan fingerprint density at radius 2 is 1.55 bits per heavy atom. The topological polar surface area (TPSA) is 127 Å². The van der Waals surface area contributed by atoms with E-state index in [9.17, 15) is 0 Å². The first-order valence-corrected chi connectivity index (χ1v) is 6.94. The number of rotatable bonds is 13. The number of nitrogens with zero attached hydrogens (tertiary/aromatic N) is 2. The van der Waals surface area contributed by atoms with Crippen LogP contribution in [-0.2, 0) is 0 Å². The van der Waals surface area contributed by atoms with Crippen molar-refractivity contribution in [1.82, 2.24) is 16.0 Å². The van der Waals surface area contributed by atoms with Gasteiger partial charge in [0.2, 0.25) is 0 Å².